The lowest BCUT2D eigenvalue weighted by atomic mass is 10.5. The van der Waals surface area contributed by atoms with E-state index in [1.54, 1.807) is 0 Å². The van der Waals surface area contributed by atoms with E-state index in [9.17, 15) is 9.59 Å². The van der Waals surface area contributed by atoms with Gasteiger partial charge in [0, 0.05) is 0 Å². The number of aromatic nitrogens is 3. The van der Waals surface area contributed by atoms with E-state index < -0.39 is 11.3 Å². The highest BCUT2D eigenvalue weighted by Crippen LogP contribution is 1.97. The summed E-state index contributed by atoms with van der Waals surface area (Å²) in [5.41, 5.74) is -0.403. The maximum Gasteiger partial charge on any atom is 0.419 e. The van der Waals surface area contributed by atoms with Crippen molar-refractivity contribution in [2.45, 2.75) is 0 Å². The summed E-state index contributed by atoms with van der Waals surface area (Å²) in [6.45, 7) is 0. The summed E-state index contributed by atoms with van der Waals surface area (Å²) in [5.74, 6) is -0.803. The molecule has 2 aromatic rings. The molecule has 0 saturated carbocycles. The van der Waals surface area contributed by atoms with Crippen molar-refractivity contribution in [1.29, 1.82) is 0 Å². The summed E-state index contributed by atoms with van der Waals surface area (Å²) in [5, 5.41) is 0. The van der Waals surface area contributed by atoms with Gasteiger partial charge in [-0.15, -0.1) is 0 Å². The predicted octanol–water partition coefficient (Wildman–Crippen LogP) is -0.729. The SMILES string of the molecule is O=c1[nH]c(=O)c2ncncc2o1. The van der Waals surface area contributed by atoms with Crippen molar-refractivity contribution in [3.05, 3.63) is 33.4 Å². The lowest BCUT2D eigenvalue weighted by Crippen LogP contribution is -2.18. The summed E-state index contributed by atoms with van der Waals surface area (Å²) in [7, 11) is 0. The number of fused-ring (bicyclic) bond motifs is 1. The number of aromatic amines is 1. The van der Waals surface area contributed by atoms with Crippen LogP contribution in [-0.4, -0.2) is 15.0 Å². The Labute approximate surface area is 64.9 Å². The van der Waals surface area contributed by atoms with Gasteiger partial charge in [-0.25, -0.2) is 14.8 Å². The quantitative estimate of drug-likeness (QED) is 0.556. The van der Waals surface area contributed by atoms with Gasteiger partial charge < -0.3 is 4.42 Å². The molecule has 0 aliphatic rings. The Morgan fingerprint density at radius 2 is 2.25 bits per heavy atom. The van der Waals surface area contributed by atoms with Gasteiger partial charge in [-0.3, -0.25) is 9.78 Å². The van der Waals surface area contributed by atoms with Crippen LogP contribution in [0.5, 0.6) is 0 Å². The number of hydrogen-bond donors (Lipinski definition) is 1. The van der Waals surface area contributed by atoms with Crippen molar-refractivity contribution in [3.8, 4) is 0 Å². The van der Waals surface area contributed by atoms with Crippen LogP contribution >= 0.6 is 0 Å². The normalized spacial score (nSPS) is 10.3. The monoisotopic (exact) mass is 165 g/mol. The molecule has 1 N–H and O–H groups in total. The Morgan fingerprint density at radius 3 is 3.08 bits per heavy atom. The Kier molecular flexibility index (Phi) is 1.26. The predicted molar refractivity (Wildman–Crippen MR) is 38.7 cm³/mol. The van der Waals surface area contributed by atoms with Crippen molar-refractivity contribution in [1.82, 2.24) is 15.0 Å². The minimum absolute atomic E-state index is 0.0737. The molecular formula is C6H3N3O3. The first-order valence-electron chi connectivity index (χ1n) is 3.10. The van der Waals surface area contributed by atoms with Crippen LogP contribution in [0.25, 0.3) is 11.1 Å². The molecule has 0 amide bonds. The van der Waals surface area contributed by atoms with Gasteiger partial charge in [0.25, 0.3) is 5.56 Å². The van der Waals surface area contributed by atoms with Crippen molar-refractivity contribution in [2.24, 2.45) is 0 Å². The summed E-state index contributed by atoms with van der Waals surface area (Å²) in [6, 6.07) is 0. The molecule has 0 spiro atoms. The van der Waals surface area contributed by atoms with Crippen LogP contribution in [-0.2, 0) is 0 Å². The van der Waals surface area contributed by atoms with Crippen molar-refractivity contribution >= 4 is 11.1 Å². The number of nitrogens with one attached hydrogen (secondary N) is 1. The first kappa shape index (κ1) is 6.71. The molecular weight excluding hydrogens is 162 g/mol. The molecule has 0 unspecified atom stereocenters. The van der Waals surface area contributed by atoms with Crippen LogP contribution in [0.1, 0.15) is 0 Å². The van der Waals surface area contributed by atoms with E-state index in [0.717, 1.165) is 0 Å². The molecule has 60 valence electrons. The Balaban J connectivity index is 3.09. The standard InChI is InChI=1S/C6H3N3O3/c10-5-4-3(1-7-2-8-4)12-6(11)9-5/h1-2H,(H,9,10,11). The fourth-order valence-corrected chi connectivity index (χ4v) is 0.839. The van der Waals surface area contributed by atoms with Gasteiger partial charge in [0.2, 0.25) is 0 Å². The van der Waals surface area contributed by atoms with E-state index in [1.165, 1.54) is 12.5 Å². The van der Waals surface area contributed by atoms with Crippen LogP contribution in [0.15, 0.2) is 26.5 Å². The van der Waals surface area contributed by atoms with Crippen molar-refractivity contribution < 1.29 is 4.42 Å². The van der Waals surface area contributed by atoms with E-state index in [4.69, 9.17) is 0 Å². The average Bonchev–Trinajstić information content (AvgIpc) is 2.04. The van der Waals surface area contributed by atoms with E-state index in [-0.39, 0.29) is 11.1 Å². The molecule has 2 heterocycles. The number of hydrogen-bond acceptors (Lipinski definition) is 5. The lowest BCUT2D eigenvalue weighted by molar-refractivity contribution is 0.525. The topological polar surface area (TPSA) is 88.9 Å². The zero-order chi connectivity index (χ0) is 8.55. The summed E-state index contributed by atoms with van der Waals surface area (Å²) in [4.78, 5) is 30.8. The van der Waals surface area contributed by atoms with Gasteiger partial charge in [0.1, 0.15) is 6.33 Å². The lowest BCUT2D eigenvalue weighted by Gasteiger charge is -1.89. The molecule has 6 heteroatoms. The molecule has 0 bridgehead atoms. The minimum atomic E-state index is -0.803. The van der Waals surface area contributed by atoms with Crippen LogP contribution in [0.4, 0.5) is 0 Å². The van der Waals surface area contributed by atoms with Gasteiger partial charge in [0.15, 0.2) is 11.1 Å². The first-order valence-corrected chi connectivity index (χ1v) is 3.10. The van der Waals surface area contributed by atoms with Crippen LogP contribution < -0.4 is 11.3 Å². The fraction of sp³-hybridized carbons (Fsp3) is 0. The second-order valence-corrected chi connectivity index (χ2v) is 2.08. The van der Waals surface area contributed by atoms with E-state index >= 15 is 0 Å². The Bertz CT molecular complexity index is 527. The van der Waals surface area contributed by atoms with E-state index in [2.05, 4.69) is 14.4 Å². The van der Waals surface area contributed by atoms with Gasteiger partial charge in [-0.2, -0.15) is 0 Å². The van der Waals surface area contributed by atoms with Gasteiger partial charge in [0.05, 0.1) is 6.20 Å². The molecule has 0 atom stereocenters. The molecule has 0 radical (unpaired) electrons. The van der Waals surface area contributed by atoms with E-state index in [1.807, 2.05) is 4.98 Å². The van der Waals surface area contributed by atoms with Crippen molar-refractivity contribution in [2.75, 3.05) is 0 Å². The number of H-pyrrole nitrogens is 1. The molecule has 12 heavy (non-hydrogen) atoms. The smallest absolute Gasteiger partial charge is 0.406 e. The molecule has 0 aliphatic heterocycles. The molecule has 2 aromatic heterocycles. The largest absolute Gasteiger partial charge is 0.419 e. The van der Waals surface area contributed by atoms with Crippen molar-refractivity contribution in [3.63, 3.8) is 0 Å². The maximum absolute atomic E-state index is 11.0. The number of rotatable bonds is 0. The highest BCUT2D eigenvalue weighted by molar-refractivity contribution is 5.68. The molecule has 2 rings (SSSR count). The number of nitrogens with zero attached hydrogens (tertiary/aromatic N) is 2. The molecule has 0 fully saturated rings. The minimum Gasteiger partial charge on any atom is -0.406 e. The third kappa shape index (κ3) is 0.895. The average molecular weight is 165 g/mol. The second kappa shape index (κ2) is 2.26. The van der Waals surface area contributed by atoms with Gasteiger partial charge in [-0.1, -0.05) is 0 Å². The van der Waals surface area contributed by atoms with Crippen LogP contribution in [0.2, 0.25) is 0 Å². The zero-order valence-corrected chi connectivity index (χ0v) is 5.77. The molecule has 0 aliphatic carbocycles. The highest BCUT2D eigenvalue weighted by atomic mass is 16.4. The Morgan fingerprint density at radius 1 is 1.42 bits per heavy atom. The second-order valence-electron chi connectivity index (χ2n) is 2.08. The Hall–Kier alpha value is -1.98. The summed E-state index contributed by atoms with van der Waals surface area (Å²) in [6.07, 6.45) is 2.47. The van der Waals surface area contributed by atoms with Crippen LogP contribution in [0, 0.1) is 0 Å². The van der Waals surface area contributed by atoms with Gasteiger partial charge in [-0.05, 0) is 0 Å². The van der Waals surface area contributed by atoms with E-state index in [0.29, 0.717) is 0 Å². The third-order valence-electron chi connectivity index (χ3n) is 1.31. The summed E-state index contributed by atoms with van der Waals surface area (Å²) < 4.78 is 4.61. The molecule has 6 nitrogen and oxygen atoms in total. The third-order valence-corrected chi connectivity index (χ3v) is 1.31. The molecule has 0 aromatic carbocycles. The van der Waals surface area contributed by atoms with Gasteiger partial charge >= 0.3 is 5.76 Å². The molecule has 0 saturated heterocycles. The zero-order valence-electron chi connectivity index (χ0n) is 5.77. The van der Waals surface area contributed by atoms with Crippen LogP contribution in [0.3, 0.4) is 0 Å². The summed E-state index contributed by atoms with van der Waals surface area (Å²) >= 11 is 0. The first-order chi connectivity index (χ1) is 5.77. The fourth-order valence-electron chi connectivity index (χ4n) is 0.839. The maximum atomic E-state index is 11.0. The highest BCUT2D eigenvalue weighted by Gasteiger charge is 2.01.